The van der Waals surface area contributed by atoms with Crippen LogP contribution in [-0.4, -0.2) is 47.3 Å². The van der Waals surface area contributed by atoms with Gasteiger partial charge in [-0.25, -0.2) is 4.39 Å². The normalized spacial score (nSPS) is 17.5. The number of hydrogen-bond donors (Lipinski definition) is 0. The third-order valence-electron chi connectivity index (χ3n) is 4.03. The lowest BCUT2D eigenvalue weighted by Gasteiger charge is -2.41. The minimum atomic E-state index is -0.549. The molecule has 1 fully saturated rings. The van der Waals surface area contributed by atoms with Gasteiger partial charge >= 0.3 is 0 Å². The Morgan fingerprint density at radius 2 is 2.22 bits per heavy atom. The van der Waals surface area contributed by atoms with Crippen molar-refractivity contribution in [1.29, 1.82) is 5.26 Å². The number of amides is 2. The van der Waals surface area contributed by atoms with E-state index in [-0.39, 0.29) is 29.0 Å². The van der Waals surface area contributed by atoms with E-state index in [1.165, 1.54) is 18.2 Å². The summed E-state index contributed by atoms with van der Waals surface area (Å²) in [7, 11) is 0. The highest BCUT2D eigenvalue weighted by atomic mass is 19.1. The zero-order valence-corrected chi connectivity index (χ0v) is 13.0. The van der Waals surface area contributed by atoms with Gasteiger partial charge in [-0.05, 0) is 30.7 Å². The fourth-order valence-electron chi connectivity index (χ4n) is 2.75. The first-order chi connectivity index (χ1) is 11.0. The second kappa shape index (κ2) is 7.05. The van der Waals surface area contributed by atoms with Crippen LogP contribution in [-0.2, 0) is 4.79 Å². The molecule has 0 bridgehead atoms. The Morgan fingerprint density at radius 3 is 2.83 bits per heavy atom. The highest BCUT2D eigenvalue weighted by Gasteiger charge is 2.32. The Labute approximate surface area is 134 Å². The molecule has 6 heteroatoms. The van der Waals surface area contributed by atoms with Gasteiger partial charge in [-0.2, -0.15) is 5.26 Å². The van der Waals surface area contributed by atoms with Crippen molar-refractivity contribution in [1.82, 2.24) is 9.80 Å². The fourth-order valence-corrected chi connectivity index (χ4v) is 2.75. The molecule has 2 amide bonds. The lowest BCUT2D eigenvalue weighted by Crippen LogP contribution is -2.56. The molecule has 2 rings (SSSR count). The summed E-state index contributed by atoms with van der Waals surface area (Å²) in [5, 5.41) is 9.11. The van der Waals surface area contributed by atoms with Crippen LogP contribution in [0, 0.1) is 17.1 Å². The second-order valence-electron chi connectivity index (χ2n) is 5.35. The van der Waals surface area contributed by atoms with E-state index >= 15 is 0 Å². The Balaban J connectivity index is 2.24. The molecule has 1 aliphatic rings. The molecule has 0 saturated carbocycles. The van der Waals surface area contributed by atoms with Crippen LogP contribution >= 0.6 is 0 Å². The van der Waals surface area contributed by atoms with Crippen molar-refractivity contribution in [3.8, 4) is 6.07 Å². The van der Waals surface area contributed by atoms with Gasteiger partial charge in [0.05, 0.1) is 11.1 Å². The summed E-state index contributed by atoms with van der Waals surface area (Å²) in [6.45, 7) is 6.62. The highest BCUT2D eigenvalue weighted by Crippen LogP contribution is 2.19. The molecule has 1 unspecified atom stereocenters. The number of piperazine rings is 1. The molecule has 23 heavy (non-hydrogen) atoms. The number of nitrogens with zero attached hydrogens (tertiary/aromatic N) is 3. The first-order valence-electron chi connectivity index (χ1n) is 7.43. The van der Waals surface area contributed by atoms with Crippen LogP contribution in [0.3, 0.4) is 0 Å². The molecule has 0 radical (unpaired) electrons. The second-order valence-corrected chi connectivity index (χ2v) is 5.35. The summed E-state index contributed by atoms with van der Waals surface area (Å²) in [4.78, 5) is 27.8. The number of benzene rings is 1. The Kier molecular flexibility index (Phi) is 5.12. The first kappa shape index (κ1) is 16.7. The minimum absolute atomic E-state index is 0.0226. The van der Waals surface area contributed by atoms with E-state index in [9.17, 15) is 14.0 Å². The maximum absolute atomic E-state index is 13.2. The Hall–Kier alpha value is -2.68. The summed E-state index contributed by atoms with van der Waals surface area (Å²) in [6, 6.07) is 5.29. The monoisotopic (exact) mass is 315 g/mol. The lowest BCUT2D eigenvalue weighted by atomic mass is 10.0. The van der Waals surface area contributed by atoms with Crippen molar-refractivity contribution in [3.05, 3.63) is 47.8 Å². The van der Waals surface area contributed by atoms with Gasteiger partial charge in [0, 0.05) is 25.7 Å². The van der Waals surface area contributed by atoms with Crippen molar-refractivity contribution in [2.24, 2.45) is 0 Å². The molecule has 0 spiro atoms. The number of carbonyl (C=O) groups excluding carboxylic acids is 2. The summed E-state index contributed by atoms with van der Waals surface area (Å²) in [5.74, 6) is -1.01. The van der Waals surface area contributed by atoms with E-state index in [0.717, 1.165) is 6.07 Å². The molecule has 1 aliphatic heterocycles. The summed E-state index contributed by atoms with van der Waals surface area (Å²) in [6.07, 6.45) is 1.94. The Bertz CT molecular complexity index is 681. The Morgan fingerprint density at radius 1 is 1.48 bits per heavy atom. The molecule has 1 atom stereocenters. The quantitative estimate of drug-likeness (QED) is 0.801. The van der Waals surface area contributed by atoms with Crippen LogP contribution in [0.25, 0.3) is 0 Å². The van der Waals surface area contributed by atoms with Crippen molar-refractivity contribution in [3.63, 3.8) is 0 Å². The van der Waals surface area contributed by atoms with Crippen LogP contribution in [0.2, 0.25) is 0 Å². The number of hydrogen-bond acceptors (Lipinski definition) is 3. The number of halogens is 1. The van der Waals surface area contributed by atoms with Crippen molar-refractivity contribution in [2.75, 3.05) is 19.6 Å². The van der Waals surface area contributed by atoms with Crippen LogP contribution in [0.1, 0.15) is 29.3 Å². The molecule has 1 aromatic carbocycles. The van der Waals surface area contributed by atoms with Crippen LogP contribution < -0.4 is 0 Å². The third kappa shape index (κ3) is 3.39. The van der Waals surface area contributed by atoms with E-state index in [1.807, 2.05) is 13.0 Å². The molecule has 1 heterocycles. The molecule has 5 nitrogen and oxygen atoms in total. The molecule has 0 N–H and O–H groups in total. The fraction of sp³-hybridized carbons (Fsp3) is 0.353. The van der Waals surface area contributed by atoms with Crippen LogP contribution in [0.4, 0.5) is 4.39 Å². The summed E-state index contributed by atoms with van der Waals surface area (Å²) < 4.78 is 13.2. The number of carbonyl (C=O) groups is 2. The molecule has 0 aromatic heterocycles. The van der Waals surface area contributed by atoms with Gasteiger partial charge in [0.1, 0.15) is 11.9 Å². The predicted octanol–water partition coefficient (Wildman–Crippen LogP) is 1.95. The van der Waals surface area contributed by atoms with E-state index in [0.29, 0.717) is 26.1 Å². The van der Waals surface area contributed by atoms with Crippen molar-refractivity contribution < 1.29 is 14.0 Å². The zero-order chi connectivity index (χ0) is 17.0. The first-order valence-corrected chi connectivity index (χ1v) is 7.43. The molecule has 120 valence electrons. The number of rotatable bonds is 3. The molecular weight excluding hydrogens is 297 g/mol. The minimum Gasteiger partial charge on any atom is -0.335 e. The molecular formula is C17H18FN3O2. The van der Waals surface area contributed by atoms with Gasteiger partial charge in [0.2, 0.25) is 5.91 Å². The average Bonchev–Trinajstić information content (AvgIpc) is 2.59. The van der Waals surface area contributed by atoms with Gasteiger partial charge < -0.3 is 9.80 Å². The van der Waals surface area contributed by atoms with Gasteiger partial charge in [-0.1, -0.05) is 13.5 Å². The lowest BCUT2D eigenvalue weighted by molar-refractivity contribution is -0.128. The maximum atomic E-state index is 13.2. The van der Waals surface area contributed by atoms with E-state index in [2.05, 4.69) is 6.58 Å². The molecule has 1 saturated heterocycles. The largest absolute Gasteiger partial charge is 0.335 e. The van der Waals surface area contributed by atoms with Crippen LogP contribution in [0.5, 0.6) is 0 Å². The SMILES string of the molecule is C=CC(=O)N1CCN(C(=O)c2ccc(F)cc2C#N)C(CC)C1. The third-order valence-corrected chi connectivity index (χ3v) is 4.03. The van der Waals surface area contributed by atoms with E-state index in [1.54, 1.807) is 9.80 Å². The predicted molar refractivity (Wildman–Crippen MR) is 83.0 cm³/mol. The summed E-state index contributed by atoms with van der Waals surface area (Å²) in [5.41, 5.74) is 0.213. The maximum Gasteiger partial charge on any atom is 0.255 e. The van der Waals surface area contributed by atoms with Gasteiger partial charge in [-0.15, -0.1) is 0 Å². The highest BCUT2D eigenvalue weighted by molar-refractivity contribution is 5.97. The van der Waals surface area contributed by atoms with E-state index < -0.39 is 5.82 Å². The van der Waals surface area contributed by atoms with Gasteiger partial charge in [0.15, 0.2) is 0 Å². The zero-order valence-electron chi connectivity index (χ0n) is 13.0. The topological polar surface area (TPSA) is 64.4 Å². The molecule has 1 aromatic rings. The van der Waals surface area contributed by atoms with Crippen LogP contribution in [0.15, 0.2) is 30.9 Å². The standard InChI is InChI=1S/C17H18FN3O2/c1-3-14-11-20(16(22)4-2)7-8-21(14)17(23)15-6-5-13(18)9-12(15)10-19/h4-6,9,14H,2-3,7-8,11H2,1H3. The van der Waals surface area contributed by atoms with Crippen molar-refractivity contribution in [2.45, 2.75) is 19.4 Å². The van der Waals surface area contributed by atoms with Gasteiger partial charge in [-0.3, -0.25) is 9.59 Å². The average molecular weight is 315 g/mol. The number of nitriles is 1. The molecule has 0 aliphatic carbocycles. The summed E-state index contributed by atoms with van der Waals surface area (Å²) >= 11 is 0. The van der Waals surface area contributed by atoms with Crippen molar-refractivity contribution >= 4 is 11.8 Å². The smallest absolute Gasteiger partial charge is 0.255 e. The van der Waals surface area contributed by atoms with Gasteiger partial charge in [0.25, 0.3) is 5.91 Å². The van der Waals surface area contributed by atoms with E-state index in [4.69, 9.17) is 5.26 Å².